The van der Waals surface area contributed by atoms with Gasteiger partial charge in [-0.3, -0.25) is 10.0 Å². The van der Waals surface area contributed by atoms with E-state index in [2.05, 4.69) is 0 Å². The zero-order chi connectivity index (χ0) is 17.1. The second kappa shape index (κ2) is 6.47. The molecule has 23 heavy (non-hydrogen) atoms. The van der Waals surface area contributed by atoms with Gasteiger partial charge in [-0.25, -0.2) is 13.9 Å². The maximum Gasteiger partial charge on any atom is 0.281 e. The first-order chi connectivity index (χ1) is 10.9. The van der Waals surface area contributed by atoms with Crippen molar-refractivity contribution < 1.29 is 23.5 Å². The van der Waals surface area contributed by atoms with Gasteiger partial charge in [0.2, 0.25) is 14.7 Å². The standard InChI is InChI=1S/C15H16N2O5S/c16-15(10-18,14(19)17-20)23(21,22)13-8-6-12(7-9-13)11-4-2-1-3-5-11/h1-9,18,20H,10,16H2,(H,17,19)/t15-/m1/s1. The molecular weight excluding hydrogens is 320 g/mol. The Kier molecular flexibility index (Phi) is 4.81. The Bertz CT molecular complexity index is 790. The lowest BCUT2D eigenvalue weighted by atomic mass is 10.1. The number of hydrogen-bond acceptors (Lipinski definition) is 6. The van der Waals surface area contributed by atoms with Crippen LogP contribution in [-0.2, 0) is 14.6 Å². The van der Waals surface area contributed by atoms with Gasteiger partial charge in [0.05, 0.1) is 11.5 Å². The average Bonchev–Trinajstić information content (AvgIpc) is 2.60. The van der Waals surface area contributed by atoms with Crippen molar-refractivity contribution in [3.63, 3.8) is 0 Å². The summed E-state index contributed by atoms with van der Waals surface area (Å²) in [5.74, 6) is -1.41. The van der Waals surface area contributed by atoms with Gasteiger partial charge in [-0.2, -0.15) is 0 Å². The van der Waals surface area contributed by atoms with E-state index in [1.54, 1.807) is 12.1 Å². The van der Waals surface area contributed by atoms with E-state index in [4.69, 9.17) is 10.9 Å². The highest BCUT2D eigenvalue weighted by atomic mass is 32.2. The lowest BCUT2D eigenvalue weighted by Gasteiger charge is -2.24. The van der Waals surface area contributed by atoms with Crippen LogP contribution in [0.2, 0.25) is 0 Å². The molecule has 5 N–H and O–H groups in total. The number of carbonyl (C=O) groups is 1. The molecule has 0 saturated carbocycles. The maximum absolute atomic E-state index is 12.5. The van der Waals surface area contributed by atoms with Gasteiger partial charge in [0.25, 0.3) is 5.91 Å². The van der Waals surface area contributed by atoms with Crippen molar-refractivity contribution in [3.8, 4) is 11.1 Å². The number of amides is 1. The van der Waals surface area contributed by atoms with E-state index in [1.807, 2.05) is 30.3 Å². The molecule has 1 amide bonds. The van der Waals surface area contributed by atoms with Gasteiger partial charge in [0.1, 0.15) is 0 Å². The van der Waals surface area contributed by atoms with Crippen molar-refractivity contribution in [2.24, 2.45) is 5.73 Å². The Morgan fingerprint density at radius 3 is 2.04 bits per heavy atom. The van der Waals surface area contributed by atoms with Crippen LogP contribution in [0.25, 0.3) is 11.1 Å². The molecule has 8 heteroatoms. The Balaban J connectivity index is 2.44. The molecule has 0 aromatic heterocycles. The van der Waals surface area contributed by atoms with Gasteiger partial charge in [0, 0.05) is 0 Å². The number of aliphatic hydroxyl groups is 1. The molecule has 0 bridgehead atoms. The van der Waals surface area contributed by atoms with Crippen LogP contribution in [0.5, 0.6) is 0 Å². The Morgan fingerprint density at radius 1 is 1.04 bits per heavy atom. The van der Waals surface area contributed by atoms with Crippen molar-refractivity contribution in [2.75, 3.05) is 6.61 Å². The Morgan fingerprint density at radius 2 is 1.57 bits per heavy atom. The minimum atomic E-state index is -4.41. The molecule has 0 aliphatic heterocycles. The predicted octanol–water partition coefficient (Wildman–Crippen LogP) is 0.280. The number of benzene rings is 2. The summed E-state index contributed by atoms with van der Waals surface area (Å²) in [5.41, 5.74) is 8.34. The highest BCUT2D eigenvalue weighted by Crippen LogP contribution is 2.25. The minimum Gasteiger partial charge on any atom is -0.393 e. The summed E-state index contributed by atoms with van der Waals surface area (Å²) < 4.78 is 25.0. The number of aliphatic hydroxyl groups excluding tert-OH is 1. The summed E-state index contributed by atoms with van der Waals surface area (Å²) in [6, 6.07) is 15.0. The van der Waals surface area contributed by atoms with Crippen molar-refractivity contribution in [3.05, 3.63) is 54.6 Å². The number of nitrogens with one attached hydrogen (secondary N) is 1. The number of sulfone groups is 1. The molecule has 0 heterocycles. The lowest BCUT2D eigenvalue weighted by Crippen LogP contribution is -2.61. The highest BCUT2D eigenvalue weighted by molar-refractivity contribution is 7.93. The number of hydroxylamine groups is 1. The second-order valence-electron chi connectivity index (χ2n) is 4.88. The van der Waals surface area contributed by atoms with Crippen LogP contribution in [0, 0.1) is 0 Å². The molecule has 0 aliphatic rings. The SMILES string of the molecule is N[C@@](CO)(C(=O)NO)S(=O)(=O)c1ccc(-c2ccccc2)cc1. The highest BCUT2D eigenvalue weighted by Gasteiger charge is 2.48. The first-order valence-corrected chi connectivity index (χ1v) is 8.09. The number of hydrogen-bond donors (Lipinski definition) is 4. The lowest BCUT2D eigenvalue weighted by molar-refractivity contribution is -0.132. The zero-order valence-electron chi connectivity index (χ0n) is 12.0. The van der Waals surface area contributed by atoms with E-state index in [0.29, 0.717) is 0 Å². The molecule has 0 unspecified atom stereocenters. The maximum atomic E-state index is 12.5. The molecule has 2 rings (SSSR count). The van der Waals surface area contributed by atoms with Crippen LogP contribution in [0.3, 0.4) is 0 Å². The first kappa shape index (κ1) is 17.1. The van der Waals surface area contributed by atoms with E-state index in [9.17, 15) is 18.3 Å². The molecule has 7 nitrogen and oxygen atoms in total. The van der Waals surface area contributed by atoms with Gasteiger partial charge >= 0.3 is 0 Å². The molecule has 2 aromatic carbocycles. The third kappa shape index (κ3) is 2.97. The van der Waals surface area contributed by atoms with Gasteiger partial charge in [0.15, 0.2) is 0 Å². The van der Waals surface area contributed by atoms with Crippen LogP contribution < -0.4 is 11.2 Å². The van der Waals surface area contributed by atoms with Crippen LogP contribution in [-0.4, -0.2) is 36.1 Å². The molecule has 0 aliphatic carbocycles. The molecule has 0 fully saturated rings. The van der Waals surface area contributed by atoms with E-state index in [0.717, 1.165) is 11.1 Å². The summed E-state index contributed by atoms with van der Waals surface area (Å²) in [4.78, 5) is 8.64. The van der Waals surface area contributed by atoms with Crippen molar-refractivity contribution in [1.29, 1.82) is 0 Å². The van der Waals surface area contributed by atoms with E-state index >= 15 is 0 Å². The van der Waals surface area contributed by atoms with Crippen LogP contribution >= 0.6 is 0 Å². The Labute approximate surface area is 133 Å². The van der Waals surface area contributed by atoms with Gasteiger partial charge in [-0.15, -0.1) is 0 Å². The van der Waals surface area contributed by atoms with Crippen LogP contribution in [0.4, 0.5) is 0 Å². The molecule has 1 atom stereocenters. The van der Waals surface area contributed by atoms with Crippen LogP contribution in [0.15, 0.2) is 59.5 Å². The van der Waals surface area contributed by atoms with Crippen molar-refractivity contribution in [2.45, 2.75) is 9.77 Å². The van der Waals surface area contributed by atoms with E-state index < -0.39 is 27.2 Å². The summed E-state index contributed by atoms with van der Waals surface area (Å²) in [6.07, 6.45) is 0. The second-order valence-corrected chi connectivity index (χ2v) is 7.09. The smallest absolute Gasteiger partial charge is 0.281 e. The van der Waals surface area contributed by atoms with Crippen molar-refractivity contribution in [1.82, 2.24) is 5.48 Å². The Hall–Kier alpha value is -2.26. The fourth-order valence-corrected chi connectivity index (χ4v) is 3.42. The third-order valence-corrected chi connectivity index (χ3v) is 5.64. The molecule has 0 radical (unpaired) electrons. The fraction of sp³-hybridized carbons (Fsp3) is 0.133. The topological polar surface area (TPSA) is 130 Å². The summed E-state index contributed by atoms with van der Waals surface area (Å²) in [6.45, 7) is -1.18. The summed E-state index contributed by atoms with van der Waals surface area (Å²) in [5, 5.41) is 17.9. The average molecular weight is 336 g/mol. The van der Waals surface area contributed by atoms with Crippen molar-refractivity contribution >= 4 is 15.7 Å². The first-order valence-electron chi connectivity index (χ1n) is 6.61. The molecule has 0 saturated heterocycles. The summed E-state index contributed by atoms with van der Waals surface area (Å²) >= 11 is 0. The molecule has 122 valence electrons. The normalized spacial score (nSPS) is 14.0. The molecule has 0 spiro atoms. The monoisotopic (exact) mass is 336 g/mol. The van der Waals surface area contributed by atoms with Gasteiger partial charge in [-0.1, -0.05) is 42.5 Å². The summed E-state index contributed by atoms with van der Waals surface area (Å²) in [7, 11) is -4.41. The van der Waals surface area contributed by atoms with Gasteiger partial charge < -0.3 is 10.8 Å². The van der Waals surface area contributed by atoms with E-state index in [-0.39, 0.29) is 4.90 Å². The quantitative estimate of drug-likeness (QED) is 0.458. The zero-order valence-corrected chi connectivity index (χ0v) is 12.8. The minimum absolute atomic E-state index is 0.239. The van der Waals surface area contributed by atoms with Crippen LogP contribution in [0.1, 0.15) is 0 Å². The van der Waals surface area contributed by atoms with E-state index in [1.165, 1.54) is 17.6 Å². The number of nitrogens with two attached hydrogens (primary N) is 1. The largest absolute Gasteiger partial charge is 0.393 e. The molecular formula is C15H16N2O5S. The predicted molar refractivity (Wildman–Crippen MR) is 83.0 cm³/mol. The number of rotatable bonds is 5. The third-order valence-electron chi connectivity index (χ3n) is 3.47. The fourth-order valence-electron chi connectivity index (χ4n) is 2.04. The molecule has 2 aromatic rings. The number of carbonyl (C=O) groups excluding carboxylic acids is 1. The van der Waals surface area contributed by atoms with Gasteiger partial charge in [-0.05, 0) is 23.3 Å².